The molecule has 128 valence electrons. The van der Waals surface area contributed by atoms with Gasteiger partial charge in [0.2, 0.25) is 0 Å². The average molecular weight is 347 g/mol. The minimum atomic E-state index is -0.285. The molecule has 3 rings (SSSR count). The molecule has 1 saturated heterocycles. The Balaban J connectivity index is 1.65. The highest BCUT2D eigenvalue weighted by atomic mass is 32.1. The summed E-state index contributed by atoms with van der Waals surface area (Å²) in [6.07, 6.45) is 3.43. The maximum absolute atomic E-state index is 12.3. The number of amides is 1. The normalized spacial score (nSPS) is 17.5. The molecule has 0 aliphatic carbocycles. The number of thiazole rings is 1. The van der Waals surface area contributed by atoms with E-state index in [-0.39, 0.29) is 12.0 Å². The van der Waals surface area contributed by atoms with E-state index in [0.29, 0.717) is 23.2 Å². The lowest BCUT2D eigenvalue weighted by molar-refractivity contribution is -0.0111. The summed E-state index contributed by atoms with van der Waals surface area (Å²) in [6.45, 7) is 5.02. The summed E-state index contributed by atoms with van der Waals surface area (Å²) in [7, 11) is 0. The van der Waals surface area contributed by atoms with E-state index in [1.807, 2.05) is 25.3 Å². The molecule has 2 aromatic rings. The van der Waals surface area contributed by atoms with E-state index in [0.717, 1.165) is 30.8 Å². The monoisotopic (exact) mass is 347 g/mol. The Hall–Kier alpha value is -1.99. The van der Waals surface area contributed by atoms with E-state index < -0.39 is 0 Å². The summed E-state index contributed by atoms with van der Waals surface area (Å²) in [5.41, 5.74) is 1.93. The molecule has 7 heteroatoms. The van der Waals surface area contributed by atoms with Crippen LogP contribution < -0.4 is 10.1 Å². The smallest absolute Gasteiger partial charge is 0.276 e. The molecule has 2 aromatic heterocycles. The van der Waals surface area contributed by atoms with Gasteiger partial charge < -0.3 is 9.47 Å². The SMILES string of the molecule is Cc1cc(OCC2CCCCO2)cc(C(=O)Nc2nc(C)cs2)n1. The number of pyridine rings is 1. The summed E-state index contributed by atoms with van der Waals surface area (Å²) in [4.78, 5) is 20.9. The zero-order chi connectivity index (χ0) is 16.9. The van der Waals surface area contributed by atoms with Crippen LogP contribution >= 0.6 is 11.3 Å². The molecule has 0 radical (unpaired) electrons. The Morgan fingerprint density at radius 2 is 2.21 bits per heavy atom. The van der Waals surface area contributed by atoms with Gasteiger partial charge in [-0.2, -0.15) is 0 Å². The molecule has 1 aliphatic rings. The lowest BCUT2D eigenvalue weighted by Gasteiger charge is -2.22. The van der Waals surface area contributed by atoms with Crippen molar-refractivity contribution in [3.8, 4) is 5.75 Å². The minimum absolute atomic E-state index is 0.128. The summed E-state index contributed by atoms with van der Waals surface area (Å²) in [6, 6.07) is 3.48. The van der Waals surface area contributed by atoms with Gasteiger partial charge in [-0.3, -0.25) is 10.1 Å². The predicted molar refractivity (Wildman–Crippen MR) is 92.9 cm³/mol. The Labute approximate surface area is 145 Å². The Kier molecular flexibility index (Phi) is 5.42. The molecule has 1 amide bonds. The molecular weight excluding hydrogens is 326 g/mol. The van der Waals surface area contributed by atoms with Crippen LogP contribution in [0.25, 0.3) is 0 Å². The molecule has 0 saturated carbocycles. The lowest BCUT2D eigenvalue weighted by Crippen LogP contribution is -2.26. The first-order valence-electron chi connectivity index (χ1n) is 8.07. The molecule has 24 heavy (non-hydrogen) atoms. The zero-order valence-corrected chi connectivity index (χ0v) is 14.7. The first-order valence-corrected chi connectivity index (χ1v) is 8.95. The number of rotatable bonds is 5. The van der Waals surface area contributed by atoms with Crippen LogP contribution in [-0.2, 0) is 4.74 Å². The highest BCUT2D eigenvalue weighted by Gasteiger charge is 2.16. The van der Waals surface area contributed by atoms with Crippen LogP contribution in [0.3, 0.4) is 0 Å². The van der Waals surface area contributed by atoms with Crippen LogP contribution in [-0.4, -0.2) is 35.2 Å². The minimum Gasteiger partial charge on any atom is -0.491 e. The number of aryl methyl sites for hydroxylation is 2. The van der Waals surface area contributed by atoms with E-state index in [4.69, 9.17) is 9.47 Å². The quantitative estimate of drug-likeness (QED) is 0.898. The molecule has 3 heterocycles. The second-order valence-corrected chi connectivity index (χ2v) is 6.74. The van der Waals surface area contributed by atoms with Crippen LogP contribution in [0.15, 0.2) is 17.5 Å². The van der Waals surface area contributed by atoms with Gasteiger partial charge in [-0.25, -0.2) is 9.97 Å². The maximum atomic E-state index is 12.3. The molecule has 1 aliphatic heterocycles. The molecule has 1 atom stereocenters. The van der Waals surface area contributed by atoms with Crippen molar-refractivity contribution >= 4 is 22.4 Å². The van der Waals surface area contributed by atoms with Crippen LogP contribution in [0.5, 0.6) is 5.75 Å². The molecule has 6 nitrogen and oxygen atoms in total. The number of hydrogen-bond donors (Lipinski definition) is 1. The van der Waals surface area contributed by atoms with Gasteiger partial charge in [-0.15, -0.1) is 11.3 Å². The second kappa shape index (κ2) is 7.72. The highest BCUT2D eigenvalue weighted by molar-refractivity contribution is 7.13. The fourth-order valence-corrected chi connectivity index (χ4v) is 3.22. The van der Waals surface area contributed by atoms with Crippen LogP contribution in [0.2, 0.25) is 0 Å². The summed E-state index contributed by atoms with van der Waals surface area (Å²) < 4.78 is 11.5. The molecule has 1 fully saturated rings. The van der Waals surface area contributed by atoms with E-state index >= 15 is 0 Å². The Morgan fingerprint density at radius 1 is 1.33 bits per heavy atom. The van der Waals surface area contributed by atoms with E-state index in [2.05, 4.69) is 15.3 Å². The Bertz CT molecular complexity index is 711. The van der Waals surface area contributed by atoms with Crippen molar-refractivity contribution in [3.05, 3.63) is 34.6 Å². The third-order valence-corrected chi connectivity index (χ3v) is 4.58. The van der Waals surface area contributed by atoms with Crippen molar-refractivity contribution in [2.45, 2.75) is 39.2 Å². The first kappa shape index (κ1) is 16.9. The second-order valence-electron chi connectivity index (χ2n) is 5.88. The number of carbonyl (C=O) groups excluding carboxylic acids is 1. The number of aromatic nitrogens is 2. The van der Waals surface area contributed by atoms with E-state index in [1.54, 1.807) is 6.07 Å². The van der Waals surface area contributed by atoms with Gasteiger partial charge in [-0.1, -0.05) is 0 Å². The van der Waals surface area contributed by atoms with Crippen molar-refractivity contribution in [1.82, 2.24) is 9.97 Å². The average Bonchev–Trinajstić information content (AvgIpc) is 2.98. The van der Waals surface area contributed by atoms with Crippen molar-refractivity contribution in [2.75, 3.05) is 18.5 Å². The third-order valence-electron chi connectivity index (χ3n) is 3.71. The number of nitrogens with zero attached hydrogens (tertiary/aromatic N) is 2. The summed E-state index contributed by atoms with van der Waals surface area (Å²) in [5.74, 6) is 0.351. The molecule has 1 unspecified atom stereocenters. The third kappa shape index (κ3) is 4.52. The fraction of sp³-hybridized carbons (Fsp3) is 0.471. The van der Waals surface area contributed by atoms with Gasteiger partial charge >= 0.3 is 0 Å². The molecular formula is C17H21N3O3S. The number of nitrogens with one attached hydrogen (secondary N) is 1. The zero-order valence-electron chi connectivity index (χ0n) is 13.9. The van der Waals surface area contributed by atoms with Gasteiger partial charge in [0.1, 0.15) is 18.1 Å². The van der Waals surface area contributed by atoms with Gasteiger partial charge in [0.15, 0.2) is 5.13 Å². The number of hydrogen-bond acceptors (Lipinski definition) is 6. The van der Waals surface area contributed by atoms with Crippen LogP contribution in [0.1, 0.15) is 41.1 Å². The topological polar surface area (TPSA) is 73.3 Å². The van der Waals surface area contributed by atoms with Gasteiger partial charge in [0.25, 0.3) is 5.91 Å². The molecule has 1 N–H and O–H groups in total. The molecule has 0 spiro atoms. The van der Waals surface area contributed by atoms with E-state index in [9.17, 15) is 4.79 Å². The number of carbonyl (C=O) groups is 1. The van der Waals surface area contributed by atoms with Crippen LogP contribution in [0, 0.1) is 13.8 Å². The van der Waals surface area contributed by atoms with Gasteiger partial charge in [0.05, 0.1) is 11.8 Å². The van der Waals surface area contributed by atoms with Gasteiger partial charge in [-0.05, 0) is 33.1 Å². The maximum Gasteiger partial charge on any atom is 0.276 e. The highest BCUT2D eigenvalue weighted by Crippen LogP contribution is 2.20. The Morgan fingerprint density at radius 3 is 2.92 bits per heavy atom. The van der Waals surface area contributed by atoms with Gasteiger partial charge in [0, 0.05) is 29.8 Å². The van der Waals surface area contributed by atoms with Crippen molar-refractivity contribution in [2.24, 2.45) is 0 Å². The van der Waals surface area contributed by atoms with Crippen LogP contribution in [0.4, 0.5) is 5.13 Å². The summed E-state index contributed by atoms with van der Waals surface area (Å²) >= 11 is 1.39. The fourth-order valence-electron chi connectivity index (χ4n) is 2.54. The number of anilines is 1. The summed E-state index contributed by atoms with van der Waals surface area (Å²) in [5, 5.41) is 5.22. The molecule has 0 aromatic carbocycles. The van der Waals surface area contributed by atoms with Crippen molar-refractivity contribution in [3.63, 3.8) is 0 Å². The van der Waals surface area contributed by atoms with E-state index in [1.165, 1.54) is 17.8 Å². The molecule has 0 bridgehead atoms. The lowest BCUT2D eigenvalue weighted by atomic mass is 10.1. The standard InChI is InChI=1S/C17H21N3O3S/c1-11-7-14(23-9-13-5-3-4-6-22-13)8-15(18-11)16(21)20-17-19-12(2)10-24-17/h7-8,10,13H,3-6,9H2,1-2H3,(H,19,20,21). The first-order chi connectivity index (χ1) is 11.6. The van der Waals surface area contributed by atoms with Crippen molar-refractivity contribution < 1.29 is 14.3 Å². The number of ether oxygens (including phenoxy) is 2. The van der Waals surface area contributed by atoms with Crippen molar-refractivity contribution in [1.29, 1.82) is 0 Å². The predicted octanol–water partition coefficient (Wildman–Crippen LogP) is 3.36. The largest absolute Gasteiger partial charge is 0.491 e.